The van der Waals surface area contributed by atoms with Crippen molar-refractivity contribution in [2.45, 2.75) is 12.5 Å². The van der Waals surface area contributed by atoms with Crippen molar-refractivity contribution in [3.05, 3.63) is 46.1 Å². The van der Waals surface area contributed by atoms with E-state index in [0.29, 0.717) is 10.4 Å². The SMILES string of the molecule is O=C(N[C@H]1CCN(c2cc(-c3cccs3)[nH]n2)C1)c1ccc(Br)o1. The van der Waals surface area contributed by atoms with Crippen LogP contribution >= 0.6 is 27.3 Å². The predicted octanol–water partition coefficient (Wildman–Crippen LogP) is 3.50. The van der Waals surface area contributed by atoms with E-state index in [-0.39, 0.29) is 11.9 Å². The second kappa shape index (κ2) is 6.45. The van der Waals surface area contributed by atoms with Crippen molar-refractivity contribution in [1.82, 2.24) is 15.5 Å². The molecule has 3 aromatic heterocycles. The summed E-state index contributed by atoms with van der Waals surface area (Å²) < 4.78 is 5.84. The third-order valence-corrected chi connectivity index (χ3v) is 5.32. The number of halogens is 1. The number of aromatic nitrogens is 2. The Morgan fingerprint density at radius 2 is 2.38 bits per heavy atom. The maximum absolute atomic E-state index is 12.2. The van der Waals surface area contributed by atoms with Crippen LogP contribution in [0.1, 0.15) is 17.0 Å². The van der Waals surface area contributed by atoms with Crippen LogP contribution in [-0.4, -0.2) is 35.2 Å². The van der Waals surface area contributed by atoms with Crippen molar-refractivity contribution in [2.24, 2.45) is 0 Å². The van der Waals surface area contributed by atoms with Crippen LogP contribution in [0.3, 0.4) is 0 Å². The van der Waals surface area contributed by atoms with Crippen LogP contribution in [0.5, 0.6) is 0 Å². The molecule has 124 valence electrons. The van der Waals surface area contributed by atoms with Crippen molar-refractivity contribution in [2.75, 3.05) is 18.0 Å². The summed E-state index contributed by atoms with van der Waals surface area (Å²) in [5.41, 5.74) is 1.02. The number of H-pyrrole nitrogens is 1. The van der Waals surface area contributed by atoms with Crippen molar-refractivity contribution < 1.29 is 9.21 Å². The quantitative estimate of drug-likeness (QED) is 0.694. The van der Waals surface area contributed by atoms with Gasteiger partial charge in [-0.05, 0) is 45.9 Å². The van der Waals surface area contributed by atoms with Gasteiger partial charge in [0.2, 0.25) is 0 Å². The monoisotopic (exact) mass is 406 g/mol. The molecule has 0 aromatic carbocycles. The van der Waals surface area contributed by atoms with E-state index in [1.807, 2.05) is 11.4 Å². The van der Waals surface area contributed by atoms with E-state index in [2.05, 4.69) is 48.5 Å². The van der Waals surface area contributed by atoms with Crippen LogP contribution in [0.15, 0.2) is 44.8 Å². The van der Waals surface area contributed by atoms with Gasteiger partial charge < -0.3 is 14.6 Å². The number of carbonyl (C=O) groups is 1. The molecular formula is C16H15BrN4O2S. The molecular weight excluding hydrogens is 392 g/mol. The molecule has 1 aliphatic rings. The van der Waals surface area contributed by atoms with Crippen molar-refractivity contribution in [1.29, 1.82) is 0 Å². The number of rotatable bonds is 4. The summed E-state index contributed by atoms with van der Waals surface area (Å²) in [4.78, 5) is 15.5. The molecule has 0 spiro atoms. The second-order valence-corrected chi connectivity index (χ2v) is 7.36. The number of furan rings is 1. The molecule has 0 aliphatic carbocycles. The van der Waals surface area contributed by atoms with Crippen LogP contribution in [0, 0.1) is 0 Å². The van der Waals surface area contributed by atoms with Gasteiger partial charge >= 0.3 is 0 Å². The Kier molecular flexibility index (Phi) is 4.15. The number of aromatic amines is 1. The van der Waals surface area contributed by atoms with Crippen molar-refractivity contribution in [3.8, 4) is 10.6 Å². The predicted molar refractivity (Wildman–Crippen MR) is 96.4 cm³/mol. The third-order valence-electron chi connectivity index (χ3n) is 4.00. The summed E-state index contributed by atoms with van der Waals surface area (Å²) in [7, 11) is 0. The molecule has 0 saturated carbocycles. The lowest BCUT2D eigenvalue weighted by Gasteiger charge is -2.15. The average molecular weight is 407 g/mol. The highest BCUT2D eigenvalue weighted by Crippen LogP contribution is 2.27. The van der Waals surface area contributed by atoms with Crippen LogP contribution in [0.25, 0.3) is 10.6 Å². The molecule has 0 bridgehead atoms. The normalized spacial score (nSPS) is 17.4. The minimum Gasteiger partial charge on any atom is -0.444 e. The molecule has 6 nitrogen and oxygen atoms in total. The molecule has 1 amide bonds. The van der Waals surface area contributed by atoms with E-state index in [0.717, 1.165) is 31.0 Å². The highest BCUT2D eigenvalue weighted by atomic mass is 79.9. The number of anilines is 1. The van der Waals surface area contributed by atoms with E-state index in [1.54, 1.807) is 23.5 Å². The van der Waals surface area contributed by atoms with Gasteiger partial charge in [0, 0.05) is 25.2 Å². The maximum Gasteiger partial charge on any atom is 0.287 e. The van der Waals surface area contributed by atoms with Gasteiger partial charge in [-0.25, -0.2) is 0 Å². The van der Waals surface area contributed by atoms with Gasteiger partial charge in [0.05, 0.1) is 10.6 Å². The van der Waals surface area contributed by atoms with Gasteiger partial charge in [-0.1, -0.05) is 6.07 Å². The van der Waals surface area contributed by atoms with Crippen LogP contribution < -0.4 is 10.2 Å². The van der Waals surface area contributed by atoms with Gasteiger partial charge in [-0.3, -0.25) is 9.89 Å². The van der Waals surface area contributed by atoms with E-state index >= 15 is 0 Å². The number of nitrogens with one attached hydrogen (secondary N) is 2. The molecule has 1 atom stereocenters. The smallest absolute Gasteiger partial charge is 0.287 e. The molecule has 1 fully saturated rings. The Balaban J connectivity index is 1.39. The summed E-state index contributed by atoms with van der Waals surface area (Å²) in [5.74, 6) is 1.05. The van der Waals surface area contributed by atoms with Crippen LogP contribution in [0.4, 0.5) is 5.82 Å². The van der Waals surface area contributed by atoms with Gasteiger partial charge in [0.25, 0.3) is 5.91 Å². The molecule has 0 unspecified atom stereocenters. The Labute approximate surface area is 151 Å². The van der Waals surface area contributed by atoms with Gasteiger partial charge in [-0.15, -0.1) is 11.3 Å². The lowest BCUT2D eigenvalue weighted by molar-refractivity contribution is 0.0911. The van der Waals surface area contributed by atoms with E-state index in [1.165, 1.54) is 4.88 Å². The summed E-state index contributed by atoms with van der Waals surface area (Å²) in [6, 6.07) is 9.60. The molecule has 4 rings (SSSR count). The van der Waals surface area contributed by atoms with E-state index < -0.39 is 0 Å². The fraction of sp³-hybridized carbons (Fsp3) is 0.250. The molecule has 2 N–H and O–H groups in total. The van der Waals surface area contributed by atoms with Crippen LogP contribution in [-0.2, 0) is 0 Å². The van der Waals surface area contributed by atoms with Gasteiger partial charge in [0.1, 0.15) is 0 Å². The summed E-state index contributed by atoms with van der Waals surface area (Å²) >= 11 is 4.89. The zero-order valence-electron chi connectivity index (χ0n) is 12.7. The Morgan fingerprint density at radius 3 is 3.12 bits per heavy atom. The first-order valence-electron chi connectivity index (χ1n) is 7.59. The first-order valence-corrected chi connectivity index (χ1v) is 9.27. The first-order chi connectivity index (χ1) is 11.7. The number of nitrogens with zero attached hydrogens (tertiary/aromatic N) is 2. The largest absolute Gasteiger partial charge is 0.444 e. The molecule has 0 radical (unpaired) electrons. The lowest BCUT2D eigenvalue weighted by atomic mass is 10.2. The summed E-state index contributed by atoms with van der Waals surface area (Å²) in [6.07, 6.45) is 0.884. The summed E-state index contributed by atoms with van der Waals surface area (Å²) in [6.45, 7) is 1.60. The Bertz CT molecular complexity index is 842. The maximum atomic E-state index is 12.2. The minimum atomic E-state index is -0.186. The van der Waals surface area contributed by atoms with Gasteiger partial charge in [0.15, 0.2) is 16.2 Å². The number of hydrogen-bond donors (Lipinski definition) is 2. The number of carbonyl (C=O) groups excluding carboxylic acids is 1. The fourth-order valence-corrected chi connectivity index (χ4v) is 3.81. The zero-order chi connectivity index (χ0) is 16.5. The fourth-order valence-electron chi connectivity index (χ4n) is 2.81. The van der Waals surface area contributed by atoms with E-state index in [9.17, 15) is 4.79 Å². The highest BCUT2D eigenvalue weighted by molar-refractivity contribution is 9.10. The number of amides is 1. The second-order valence-electron chi connectivity index (χ2n) is 5.63. The van der Waals surface area contributed by atoms with Gasteiger partial charge in [-0.2, -0.15) is 5.10 Å². The zero-order valence-corrected chi connectivity index (χ0v) is 15.1. The first kappa shape index (κ1) is 15.5. The molecule has 8 heteroatoms. The average Bonchev–Trinajstić information content (AvgIpc) is 3.34. The Hall–Kier alpha value is -2.06. The number of hydrogen-bond acceptors (Lipinski definition) is 5. The number of thiophene rings is 1. The topological polar surface area (TPSA) is 74.2 Å². The van der Waals surface area contributed by atoms with Crippen LogP contribution in [0.2, 0.25) is 0 Å². The van der Waals surface area contributed by atoms with E-state index in [4.69, 9.17) is 4.42 Å². The molecule has 24 heavy (non-hydrogen) atoms. The van der Waals surface area contributed by atoms with Crippen molar-refractivity contribution >= 4 is 39.0 Å². The molecule has 1 aliphatic heterocycles. The standard InChI is InChI=1S/C16H15BrN4O2S/c17-14-4-3-12(23-14)16(22)18-10-5-6-21(9-10)15-8-11(19-20-15)13-2-1-7-24-13/h1-4,7-8,10H,5-6,9H2,(H,18,22)(H,19,20)/t10-/m0/s1. The lowest BCUT2D eigenvalue weighted by Crippen LogP contribution is -2.37. The third kappa shape index (κ3) is 3.11. The van der Waals surface area contributed by atoms with Crippen molar-refractivity contribution in [3.63, 3.8) is 0 Å². The Morgan fingerprint density at radius 1 is 1.46 bits per heavy atom. The summed E-state index contributed by atoms with van der Waals surface area (Å²) in [5, 5.41) is 12.5. The molecule has 3 aromatic rings. The molecule has 1 saturated heterocycles. The molecule has 4 heterocycles. The minimum absolute atomic E-state index is 0.0864. The highest BCUT2D eigenvalue weighted by Gasteiger charge is 2.26.